The van der Waals surface area contributed by atoms with Crippen LogP contribution in [0.15, 0.2) is 29.5 Å². The lowest BCUT2D eigenvalue weighted by atomic mass is 10.1. The van der Waals surface area contributed by atoms with Gasteiger partial charge >= 0.3 is 0 Å². The van der Waals surface area contributed by atoms with Gasteiger partial charge in [-0.05, 0) is 46.4 Å². The first-order chi connectivity index (χ1) is 8.65. The van der Waals surface area contributed by atoms with E-state index in [1.165, 1.54) is 6.33 Å². The summed E-state index contributed by atoms with van der Waals surface area (Å²) in [7, 11) is 0. The molecule has 1 aromatic heterocycles. The summed E-state index contributed by atoms with van der Waals surface area (Å²) < 4.78 is 1.04. The maximum absolute atomic E-state index is 5.31. The largest absolute Gasteiger partial charge is 0.370 e. The summed E-state index contributed by atoms with van der Waals surface area (Å²) in [5.74, 6) is 0.539. The van der Waals surface area contributed by atoms with E-state index in [0.717, 1.165) is 14.7 Å². The van der Waals surface area contributed by atoms with Crippen LogP contribution >= 0.6 is 22.6 Å². The van der Waals surface area contributed by atoms with Crippen LogP contribution in [0.5, 0.6) is 0 Å². The van der Waals surface area contributed by atoms with Crippen LogP contribution in [0.1, 0.15) is 5.56 Å². The van der Waals surface area contributed by atoms with Crippen LogP contribution in [0.4, 0.5) is 0 Å². The molecule has 18 heavy (non-hydrogen) atoms. The molecular formula is C10H10IN7. The lowest BCUT2D eigenvalue weighted by molar-refractivity contribution is 0.864. The Morgan fingerprint density at radius 2 is 1.89 bits per heavy atom. The summed E-state index contributed by atoms with van der Waals surface area (Å²) in [6.07, 6.45) is 1.29. The first-order valence-electron chi connectivity index (χ1n) is 5.01. The predicted octanol–water partition coefficient (Wildman–Crippen LogP) is 0.312. The molecule has 7 nitrogen and oxygen atoms in total. The molecule has 92 valence electrons. The van der Waals surface area contributed by atoms with E-state index >= 15 is 0 Å². The van der Waals surface area contributed by atoms with Gasteiger partial charge in [0.15, 0.2) is 12.3 Å². The first-order valence-corrected chi connectivity index (χ1v) is 6.08. The smallest absolute Gasteiger partial charge is 0.203 e. The molecule has 0 amide bonds. The quantitative estimate of drug-likeness (QED) is 0.465. The highest BCUT2D eigenvalue weighted by Gasteiger charge is 2.05. The standard InChI is InChI=1S/C10H10IN7/c11-8-2-6(4-14-10(12)13)1-7(3-8)9-17-15-5-16-18-9/h1-3,5H,4H2,(H4,12,13,14). The molecule has 0 radical (unpaired) electrons. The van der Waals surface area contributed by atoms with Gasteiger partial charge in [0, 0.05) is 9.13 Å². The average molecular weight is 355 g/mol. The molecule has 2 aromatic rings. The van der Waals surface area contributed by atoms with E-state index in [4.69, 9.17) is 11.5 Å². The Morgan fingerprint density at radius 1 is 1.17 bits per heavy atom. The number of nitrogens with two attached hydrogens (primary N) is 2. The molecule has 0 bridgehead atoms. The highest BCUT2D eigenvalue weighted by Crippen LogP contribution is 2.19. The molecular weight excluding hydrogens is 345 g/mol. The van der Waals surface area contributed by atoms with Crippen molar-refractivity contribution in [3.8, 4) is 11.4 Å². The van der Waals surface area contributed by atoms with E-state index in [1.54, 1.807) is 0 Å². The molecule has 0 unspecified atom stereocenters. The number of guanidine groups is 1. The summed E-state index contributed by atoms with van der Waals surface area (Å²) in [6, 6.07) is 5.84. The molecule has 1 aromatic carbocycles. The highest BCUT2D eigenvalue weighted by atomic mass is 127. The fourth-order valence-electron chi connectivity index (χ4n) is 1.37. The first kappa shape index (κ1) is 12.6. The molecule has 2 rings (SSSR count). The monoisotopic (exact) mass is 355 g/mol. The third-order valence-corrected chi connectivity index (χ3v) is 2.69. The number of benzene rings is 1. The van der Waals surface area contributed by atoms with Crippen LogP contribution in [-0.4, -0.2) is 26.4 Å². The summed E-state index contributed by atoms with van der Waals surface area (Å²) >= 11 is 2.21. The van der Waals surface area contributed by atoms with Crippen LogP contribution in [-0.2, 0) is 6.54 Å². The number of hydrogen-bond donors (Lipinski definition) is 2. The molecule has 4 N–H and O–H groups in total. The second-order valence-electron chi connectivity index (χ2n) is 3.46. The Balaban J connectivity index is 2.35. The number of aliphatic imine (C=N–C) groups is 1. The molecule has 0 saturated heterocycles. The van der Waals surface area contributed by atoms with Gasteiger partial charge in [-0.25, -0.2) is 4.99 Å². The summed E-state index contributed by atoms with van der Waals surface area (Å²) in [5, 5.41) is 15.2. The second-order valence-corrected chi connectivity index (χ2v) is 4.70. The lowest BCUT2D eigenvalue weighted by Gasteiger charge is -2.03. The molecule has 0 aliphatic carbocycles. The highest BCUT2D eigenvalue weighted by molar-refractivity contribution is 14.1. The van der Waals surface area contributed by atoms with Crippen molar-refractivity contribution in [1.29, 1.82) is 0 Å². The Morgan fingerprint density at radius 3 is 2.56 bits per heavy atom. The second kappa shape index (κ2) is 5.67. The summed E-state index contributed by atoms with van der Waals surface area (Å²) in [4.78, 5) is 3.97. The van der Waals surface area contributed by atoms with Gasteiger partial charge in [0.05, 0.1) is 6.54 Å². The van der Waals surface area contributed by atoms with Gasteiger partial charge in [-0.15, -0.1) is 20.4 Å². The minimum Gasteiger partial charge on any atom is -0.370 e. The minimum absolute atomic E-state index is 0.0645. The van der Waals surface area contributed by atoms with Gasteiger partial charge in [0.25, 0.3) is 0 Å². The zero-order chi connectivity index (χ0) is 13.0. The van der Waals surface area contributed by atoms with Crippen molar-refractivity contribution >= 4 is 28.6 Å². The maximum Gasteiger partial charge on any atom is 0.203 e. The number of nitrogens with zero attached hydrogens (tertiary/aromatic N) is 5. The van der Waals surface area contributed by atoms with Crippen molar-refractivity contribution in [3.05, 3.63) is 33.7 Å². The third kappa shape index (κ3) is 3.32. The van der Waals surface area contributed by atoms with Gasteiger partial charge in [0.1, 0.15) is 0 Å². The van der Waals surface area contributed by atoms with E-state index in [0.29, 0.717) is 12.4 Å². The van der Waals surface area contributed by atoms with E-state index in [1.807, 2.05) is 18.2 Å². The topological polar surface area (TPSA) is 116 Å². The SMILES string of the molecule is NC(N)=NCc1cc(I)cc(-c2nncnn2)c1. The molecule has 0 spiro atoms. The van der Waals surface area contributed by atoms with Crippen molar-refractivity contribution in [1.82, 2.24) is 20.4 Å². The number of rotatable bonds is 3. The molecule has 0 aliphatic rings. The Hall–Kier alpha value is -1.84. The van der Waals surface area contributed by atoms with E-state index in [-0.39, 0.29) is 5.96 Å². The average Bonchev–Trinajstić information content (AvgIpc) is 2.37. The summed E-state index contributed by atoms with van der Waals surface area (Å²) in [6.45, 7) is 0.417. The van der Waals surface area contributed by atoms with E-state index in [2.05, 4.69) is 48.0 Å². The normalized spacial score (nSPS) is 10.1. The lowest BCUT2D eigenvalue weighted by Crippen LogP contribution is -2.22. The molecule has 0 atom stereocenters. The van der Waals surface area contributed by atoms with Gasteiger partial charge in [0.2, 0.25) is 5.82 Å². The molecule has 0 saturated carbocycles. The summed E-state index contributed by atoms with van der Waals surface area (Å²) in [5.41, 5.74) is 12.4. The molecule has 0 fully saturated rings. The van der Waals surface area contributed by atoms with Gasteiger partial charge < -0.3 is 11.5 Å². The Labute approximate surface area is 117 Å². The van der Waals surface area contributed by atoms with Crippen LogP contribution in [0.25, 0.3) is 11.4 Å². The fraction of sp³-hybridized carbons (Fsp3) is 0.100. The predicted molar refractivity (Wildman–Crippen MR) is 75.3 cm³/mol. The number of aromatic nitrogens is 4. The third-order valence-electron chi connectivity index (χ3n) is 2.07. The Bertz CT molecular complexity index is 566. The zero-order valence-corrected chi connectivity index (χ0v) is 11.4. The fourth-order valence-corrected chi connectivity index (χ4v) is 2.11. The minimum atomic E-state index is 0.0645. The Kier molecular flexibility index (Phi) is 3.97. The van der Waals surface area contributed by atoms with Crippen molar-refractivity contribution in [2.24, 2.45) is 16.5 Å². The van der Waals surface area contributed by atoms with Crippen LogP contribution in [0.2, 0.25) is 0 Å². The number of halogens is 1. The number of hydrogen-bond acceptors (Lipinski definition) is 5. The van der Waals surface area contributed by atoms with Crippen molar-refractivity contribution in [3.63, 3.8) is 0 Å². The van der Waals surface area contributed by atoms with Gasteiger partial charge in [-0.2, -0.15) is 0 Å². The van der Waals surface area contributed by atoms with Crippen molar-refractivity contribution < 1.29 is 0 Å². The van der Waals surface area contributed by atoms with E-state index < -0.39 is 0 Å². The van der Waals surface area contributed by atoms with Crippen molar-refractivity contribution in [2.75, 3.05) is 0 Å². The van der Waals surface area contributed by atoms with Crippen LogP contribution < -0.4 is 11.5 Å². The molecule has 0 aliphatic heterocycles. The van der Waals surface area contributed by atoms with Crippen LogP contribution in [0.3, 0.4) is 0 Å². The van der Waals surface area contributed by atoms with E-state index in [9.17, 15) is 0 Å². The molecule has 1 heterocycles. The van der Waals surface area contributed by atoms with Crippen LogP contribution in [0, 0.1) is 3.57 Å². The maximum atomic E-state index is 5.31. The van der Waals surface area contributed by atoms with Crippen molar-refractivity contribution in [2.45, 2.75) is 6.54 Å². The zero-order valence-electron chi connectivity index (χ0n) is 9.29. The molecule has 8 heteroatoms. The van der Waals surface area contributed by atoms with Gasteiger partial charge in [-0.3, -0.25) is 0 Å². The van der Waals surface area contributed by atoms with Gasteiger partial charge in [-0.1, -0.05) is 0 Å².